The molecule has 88 valence electrons. The van der Waals surface area contributed by atoms with Crippen molar-refractivity contribution in [3.63, 3.8) is 0 Å². The van der Waals surface area contributed by atoms with Gasteiger partial charge >= 0.3 is 0 Å². The highest BCUT2D eigenvalue weighted by molar-refractivity contribution is 5.33. The van der Waals surface area contributed by atoms with Crippen molar-refractivity contribution in [3.8, 4) is 5.75 Å². The first-order valence-corrected chi connectivity index (χ1v) is 5.60. The van der Waals surface area contributed by atoms with Gasteiger partial charge < -0.3 is 4.74 Å². The van der Waals surface area contributed by atoms with Gasteiger partial charge in [-0.05, 0) is 48.7 Å². The van der Waals surface area contributed by atoms with E-state index in [4.69, 9.17) is 4.74 Å². The van der Waals surface area contributed by atoms with Gasteiger partial charge in [-0.1, -0.05) is 24.3 Å². The van der Waals surface area contributed by atoms with Gasteiger partial charge in [-0.2, -0.15) is 0 Å². The highest BCUT2D eigenvalue weighted by Crippen LogP contribution is 2.19. The number of aryl methyl sites for hydroxylation is 2. The lowest BCUT2D eigenvalue weighted by Crippen LogP contribution is -1.99. The van der Waals surface area contributed by atoms with Gasteiger partial charge in [0.05, 0.1) is 0 Å². The van der Waals surface area contributed by atoms with Crippen LogP contribution in [0, 0.1) is 19.7 Å². The van der Waals surface area contributed by atoms with E-state index in [1.807, 2.05) is 38.1 Å². The minimum absolute atomic E-state index is 0.223. The Kier molecular flexibility index (Phi) is 3.43. The summed E-state index contributed by atoms with van der Waals surface area (Å²) in [7, 11) is 0. The van der Waals surface area contributed by atoms with Crippen molar-refractivity contribution in [3.05, 3.63) is 65.0 Å². The van der Waals surface area contributed by atoms with Gasteiger partial charge in [0.25, 0.3) is 0 Å². The summed E-state index contributed by atoms with van der Waals surface area (Å²) in [5.74, 6) is 0.621. The average molecular weight is 230 g/mol. The first-order valence-electron chi connectivity index (χ1n) is 5.60. The molecule has 0 saturated carbocycles. The third-order valence-corrected chi connectivity index (χ3v) is 2.79. The van der Waals surface area contributed by atoms with Crippen LogP contribution in [-0.2, 0) is 6.61 Å². The lowest BCUT2D eigenvalue weighted by atomic mass is 10.1. The van der Waals surface area contributed by atoms with Crippen LogP contribution >= 0.6 is 0 Å². The molecule has 0 aliphatic carbocycles. The minimum atomic E-state index is -0.223. The fourth-order valence-corrected chi connectivity index (χ4v) is 1.67. The fourth-order valence-electron chi connectivity index (χ4n) is 1.67. The molecule has 0 atom stereocenters. The number of hydrogen-bond acceptors (Lipinski definition) is 1. The normalized spacial score (nSPS) is 10.3. The summed E-state index contributed by atoms with van der Waals surface area (Å²) in [6.45, 7) is 4.35. The summed E-state index contributed by atoms with van der Waals surface area (Å²) in [5.41, 5.74) is 3.01. The fraction of sp³-hybridized carbons (Fsp3) is 0.200. The van der Waals surface area contributed by atoms with Crippen LogP contribution in [0.5, 0.6) is 5.75 Å². The molecule has 2 heteroatoms. The molecule has 2 aromatic carbocycles. The predicted molar refractivity (Wildman–Crippen MR) is 66.6 cm³/mol. The maximum atomic E-state index is 13.1. The molecular formula is C15H15FO. The van der Waals surface area contributed by atoms with Crippen LogP contribution in [0.1, 0.15) is 16.7 Å². The van der Waals surface area contributed by atoms with Crippen molar-refractivity contribution in [1.29, 1.82) is 0 Å². The summed E-state index contributed by atoms with van der Waals surface area (Å²) in [4.78, 5) is 0. The van der Waals surface area contributed by atoms with Crippen molar-refractivity contribution in [2.75, 3.05) is 0 Å². The molecular weight excluding hydrogens is 215 g/mol. The van der Waals surface area contributed by atoms with Gasteiger partial charge in [0.15, 0.2) is 0 Å². The van der Waals surface area contributed by atoms with E-state index in [0.29, 0.717) is 6.61 Å². The standard InChI is InChI=1S/C15H15FO/c1-11-7-8-14(16)9-13(11)10-17-15-6-4-3-5-12(15)2/h3-9H,10H2,1-2H3. The molecule has 1 nitrogen and oxygen atoms in total. The van der Waals surface area contributed by atoms with E-state index in [1.54, 1.807) is 6.07 Å². The third kappa shape index (κ3) is 2.84. The summed E-state index contributed by atoms with van der Waals surface area (Å²) < 4.78 is 18.8. The Balaban J connectivity index is 2.12. The molecule has 0 heterocycles. The van der Waals surface area contributed by atoms with Gasteiger partial charge in [-0.25, -0.2) is 4.39 Å². The quantitative estimate of drug-likeness (QED) is 0.773. The second-order valence-corrected chi connectivity index (χ2v) is 4.12. The van der Waals surface area contributed by atoms with Crippen LogP contribution in [-0.4, -0.2) is 0 Å². The minimum Gasteiger partial charge on any atom is -0.489 e. The van der Waals surface area contributed by atoms with Crippen molar-refractivity contribution in [1.82, 2.24) is 0 Å². The Morgan fingerprint density at radius 2 is 1.76 bits per heavy atom. The van der Waals surface area contributed by atoms with E-state index >= 15 is 0 Å². The van der Waals surface area contributed by atoms with Gasteiger partial charge in [-0.15, -0.1) is 0 Å². The first-order chi connectivity index (χ1) is 8.16. The monoisotopic (exact) mass is 230 g/mol. The molecule has 0 aliphatic heterocycles. The number of halogens is 1. The van der Waals surface area contributed by atoms with E-state index in [9.17, 15) is 4.39 Å². The molecule has 0 amide bonds. The van der Waals surface area contributed by atoms with Crippen molar-refractivity contribution in [2.45, 2.75) is 20.5 Å². The SMILES string of the molecule is Cc1ccc(F)cc1COc1ccccc1C. The number of hydrogen-bond donors (Lipinski definition) is 0. The Hall–Kier alpha value is -1.83. The zero-order valence-electron chi connectivity index (χ0n) is 10.0. The largest absolute Gasteiger partial charge is 0.489 e. The molecule has 0 saturated heterocycles. The predicted octanol–water partition coefficient (Wildman–Crippen LogP) is 4.02. The summed E-state index contributed by atoms with van der Waals surface area (Å²) in [5, 5.41) is 0. The molecule has 2 aromatic rings. The Morgan fingerprint density at radius 1 is 1.00 bits per heavy atom. The van der Waals surface area contributed by atoms with Crippen LogP contribution in [0.25, 0.3) is 0 Å². The lowest BCUT2D eigenvalue weighted by molar-refractivity contribution is 0.302. The molecule has 0 N–H and O–H groups in total. The maximum Gasteiger partial charge on any atom is 0.123 e. The molecule has 0 radical (unpaired) electrons. The van der Waals surface area contributed by atoms with Crippen LogP contribution < -0.4 is 4.74 Å². The Morgan fingerprint density at radius 3 is 2.53 bits per heavy atom. The maximum absolute atomic E-state index is 13.1. The number of para-hydroxylation sites is 1. The first kappa shape index (κ1) is 11.6. The van der Waals surface area contributed by atoms with Gasteiger partial charge in [0, 0.05) is 0 Å². The van der Waals surface area contributed by atoms with Crippen LogP contribution in [0.15, 0.2) is 42.5 Å². The molecule has 0 aromatic heterocycles. The smallest absolute Gasteiger partial charge is 0.123 e. The second-order valence-electron chi connectivity index (χ2n) is 4.12. The Labute approximate surface area is 101 Å². The lowest BCUT2D eigenvalue weighted by Gasteiger charge is -2.10. The summed E-state index contributed by atoms with van der Waals surface area (Å²) >= 11 is 0. The number of benzene rings is 2. The van der Waals surface area contributed by atoms with E-state index in [2.05, 4.69) is 0 Å². The number of ether oxygens (including phenoxy) is 1. The summed E-state index contributed by atoms with van der Waals surface area (Å²) in [6, 6.07) is 12.6. The molecule has 2 rings (SSSR count). The molecule has 17 heavy (non-hydrogen) atoms. The summed E-state index contributed by atoms with van der Waals surface area (Å²) in [6.07, 6.45) is 0. The van der Waals surface area contributed by atoms with Crippen molar-refractivity contribution < 1.29 is 9.13 Å². The zero-order valence-corrected chi connectivity index (χ0v) is 10.0. The molecule has 0 aliphatic rings. The Bertz CT molecular complexity index is 520. The highest BCUT2D eigenvalue weighted by Gasteiger charge is 2.03. The van der Waals surface area contributed by atoms with Crippen LogP contribution in [0.4, 0.5) is 4.39 Å². The third-order valence-electron chi connectivity index (χ3n) is 2.79. The van der Waals surface area contributed by atoms with Crippen molar-refractivity contribution in [2.24, 2.45) is 0 Å². The van der Waals surface area contributed by atoms with E-state index in [0.717, 1.165) is 22.4 Å². The van der Waals surface area contributed by atoms with Gasteiger partial charge in [0.1, 0.15) is 18.2 Å². The molecule has 0 bridgehead atoms. The average Bonchev–Trinajstić information content (AvgIpc) is 2.32. The second kappa shape index (κ2) is 5.00. The van der Waals surface area contributed by atoms with Crippen molar-refractivity contribution >= 4 is 0 Å². The van der Waals surface area contributed by atoms with Gasteiger partial charge in [-0.3, -0.25) is 0 Å². The van der Waals surface area contributed by atoms with E-state index in [-0.39, 0.29) is 5.82 Å². The number of rotatable bonds is 3. The van der Waals surface area contributed by atoms with Crippen LogP contribution in [0.2, 0.25) is 0 Å². The molecule has 0 fully saturated rings. The molecule has 0 spiro atoms. The van der Waals surface area contributed by atoms with Gasteiger partial charge in [0.2, 0.25) is 0 Å². The van der Waals surface area contributed by atoms with E-state index < -0.39 is 0 Å². The zero-order chi connectivity index (χ0) is 12.3. The topological polar surface area (TPSA) is 9.23 Å². The molecule has 0 unspecified atom stereocenters. The highest BCUT2D eigenvalue weighted by atomic mass is 19.1. The van der Waals surface area contributed by atoms with E-state index in [1.165, 1.54) is 12.1 Å². The van der Waals surface area contributed by atoms with Crippen LogP contribution in [0.3, 0.4) is 0 Å².